The lowest BCUT2D eigenvalue weighted by Crippen LogP contribution is -2.03. The first-order valence-electron chi connectivity index (χ1n) is 5.78. The highest BCUT2D eigenvalue weighted by atomic mass is 16.5. The zero-order valence-electron chi connectivity index (χ0n) is 10.3. The van der Waals surface area contributed by atoms with Crippen molar-refractivity contribution in [2.75, 3.05) is 7.11 Å². The zero-order chi connectivity index (χ0) is 13.2. The Bertz CT molecular complexity index is 735. The Kier molecular flexibility index (Phi) is 2.72. The Morgan fingerprint density at radius 3 is 2.63 bits per heavy atom. The number of nitrogens with zero attached hydrogens (tertiary/aromatic N) is 3. The van der Waals surface area contributed by atoms with E-state index in [-0.39, 0.29) is 5.97 Å². The summed E-state index contributed by atoms with van der Waals surface area (Å²) < 4.78 is 6.49. The van der Waals surface area contributed by atoms with Gasteiger partial charge in [0.05, 0.1) is 12.7 Å². The van der Waals surface area contributed by atoms with E-state index in [1.165, 1.54) is 7.11 Å². The maximum absolute atomic E-state index is 11.6. The maximum Gasteiger partial charge on any atom is 0.339 e. The number of benzene rings is 1. The number of fused-ring (bicyclic) bond motifs is 1. The summed E-state index contributed by atoms with van der Waals surface area (Å²) in [5, 5.41) is 8.23. The van der Waals surface area contributed by atoms with Gasteiger partial charge in [-0.05, 0) is 12.1 Å². The molecule has 0 aliphatic heterocycles. The van der Waals surface area contributed by atoms with Crippen molar-refractivity contribution in [3.8, 4) is 11.4 Å². The van der Waals surface area contributed by atoms with Crippen LogP contribution in [0.15, 0.2) is 48.7 Å². The van der Waals surface area contributed by atoms with Gasteiger partial charge in [0.2, 0.25) is 0 Å². The number of esters is 1. The van der Waals surface area contributed by atoms with Crippen molar-refractivity contribution in [3.63, 3.8) is 0 Å². The van der Waals surface area contributed by atoms with Crippen LogP contribution in [0, 0.1) is 0 Å². The number of hydrogen-bond donors (Lipinski definition) is 0. The second-order valence-corrected chi connectivity index (χ2v) is 4.03. The van der Waals surface area contributed by atoms with Gasteiger partial charge in [0.1, 0.15) is 0 Å². The average Bonchev–Trinajstić information content (AvgIpc) is 2.90. The molecule has 0 spiro atoms. The molecule has 5 heteroatoms. The molecule has 3 aromatic rings. The Morgan fingerprint density at radius 1 is 1.11 bits per heavy atom. The van der Waals surface area contributed by atoms with Crippen LogP contribution in [-0.2, 0) is 4.74 Å². The second-order valence-electron chi connectivity index (χ2n) is 4.03. The van der Waals surface area contributed by atoms with E-state index in [0.717, 1.165) is 5.56 Å². The smallest absolute Gasteiger partial charge is 0.339 e. The van der Waals surface area contributed by atoms with E-state index >= 15 is 0 Å². The standard InChI is InChI=1S/C14H11N3O2/c1-19-14(18)11-7-8-12-15-16-13(17(12)9-11)10-5-3-2-4-6-10/h2-9H,1H3. The van der Waals surface area contributed by atoms with Gasteiger partial charge in [0.15, 0.2) is 11.5 Å². The van der Waals surface area contributed by atoms with Gasteiger partial charge in [0.25, 0.3) is 0 Å². The number of hydrogen-bond acceptors (Lipinski definition) is 4. The van der Waals surface area contributed by atoms with E-state index in [0.29, 0.717) is 17.0 Å². The normalized spacial score (nSPS) is 10.6. The molecule has 0 aliphatic rings. The lowest BCUT2D eigenvalue weighted by molar-refractivity contribution is 0.0600. The van der Waals surface area contributed by atoms with Crippen LogP contribution < -0.4 is 0 Å². The summed E-state index contributed by atoms with van der Waals surface area (Å²) in [5.41, 5.74) is 2.09. The Hall–Kier alpha value is -2.69. The Morgan fingerprint density at radius 2 is 1.89 bits per heavy atom. The predicted octanol–water partition coefficient (Wildman–Crippen LogP) is 2.18. The summed E-state index contributed by atoms with van der Waals surface area (Å²) in [5.74, 6) is 0.316. The van der Waals surface area contributed by atoms with Crippen molar-refractivity contribution in [1.29, 1.82) is 0 Å². The fourth-order valence-electron chi connectivity index (χ4n) is 1.91. The third-order valence-electron chi connectivity index (χ3n) is 2.86. The molecule has 0 atom stereocenters. The third kappa shape index (κ3) is 1.95. The van der Waals surface area contributed by atoms with Crippen molar-refractivity contribution < 1.29 is 9.53 Å². The monoisotopic (exact) mass is 253 g/mol. The molecule has 2 heterocycles. The number of aromatic nitrogens is 3. The van der Waals surface area contributed by atoms with Gasteiger partial charge >= 0.3 is 5.97 Å². The number of carbonyl (C=O) groups excluding carboxylic acids is 1. The summed E-state index contributed by atoms with van der Waals surface area (Å²) in [6.07, 6.45) is 1.68. The van der Waals surface area contributed by atoms with Gasteiger partial charge in [-0.2, -0.15) is 0 Å². The topological polar surface area (TPSA) is 56.5 Å². The average molecular weight is 253 g/mol. The molecule has 0 radical (unpaired) electrons. The number of carbonyl (C=O) groups is 1. The van der Waals surface area contributed by atoms with Crippen LogP contribution in [0.3, 0.4) is 0 Å². The summed E-state index contributed by atoms with van der Waals surface area (Å²) in [6, 6.07) is 13.1. The van der Waals surface area contributed by atoms with Gasteiger partial charge in [-0.1, -0.05) is 30.3 Å². The van der Waals surface area contributed by atoms with Crippen LogP contribution in [-0.4, -0.2) is 27.7 Å². The second kappa shape index (κ2) is 4.53. The number of ether oxygens (including phenoxy) is 1. The molecule has 0 aliphatic carbocycles. The van der Waals surface area contributed by atoms with Crippen LogP contribution >= 0.6 is 0 Å². The molecule has 0 bridgehead atoms. The minimum Gasteiger partial charge on any atom is -0.465 e. The van der Waals surface area contributed by atoms with Crippen molar-refractivity contribution in [2.45, 2.75) is 0 Å². The highest BCUT2D eigenvalue weighted by molar-refractivity contribution is 5.89. The molecular formula is C14H11N3O2. The fourth-order valence-corrected chi connectivity index (χ4v) is 1.91. The quantitative estimate of drug-likeness (QED) is 0.657. The number of pyridine rings is 1. The summed E-state index contributed by atoms with van der Waals surface area (Å²) in [7, 11) is 1.36. The molecule has 0 unspecified atom stereocenters. The first-order valence-corrected chi connectivity index (χ1v) is 5.78. The van der Waals surface area contributed by atoms with Gasteiger partial charge in [0, 0.05) is 11.8 Å². The molecule has 3 rings (SSSR count). The third-order valence-corrected chi connectivity index (χ3v) is 2.86. The first kappa shape index (κ1) is 11.4. The lowest BCUT2D eigenvalue weighted by atomic mass is 10.2. The molecule has 5 nitrogen and oxygen atoms in total. The highest BCUT2D eigenvalue weighted by Gasteiger charge is 2.11. The van der Waals surface area contributed by atoms with E-state index in [1.807, 2.05) is 30.3 Å². The van der Waals surface area contributed by atoms with E-state index < -0.39 is 0 Å². The molecule has 94 valence electrons. The molecular weight excluding hydrogens is 242 g/mol. The highest BCUT2D eigenvalue weighted by Crippen LogP contribution is 2.18. The van der Waals surface area contributed by atoms with Crippen molar-refractivity contribution in [1.82, 2.24) is 14.6 Å². The van der Waals surface area contributed by atoms with E-state index in [1.54, 1.807) is 22.7 Å². The number of rotatable bonds is 2. The largest absolute Gasteiger partial charge is 0.465 e. The van der Waals surface area contributed by atoms with Crippen molar-refractivity contribution in [2.24, 2.45) is 0 Å². The predicted molar refractivity (Wildman–Crippen MR) is 69.8 cm³/mol. The first-order chi connectivity index (χ1) is 9.29. The molecule has 0 saturated carbocycles. The van der Waals surface area contributed by atoms with Crippen molar-refractivity contribution >= 4 is 11.6 Å². The van der Waals surface area contributed by atoms with Gasteiger partial charge in [-0.3, -0.25) is 4.40 Å². The maximum atomic E-state index is 11.6. The minimum atomic E-state index is -0.380. The van der Waals surface area contributed by atoms with Crippen molar-refractivity contribution in [3.05, 3.63) is 54.2 Å². The van der Waals surface area contributed by atoms with Crippen LogP contribution in [0.1, 0.15) is 10.4 Å². The summed E-state index contributed by atoms with van der Waals surface area (Å²) in [4.78, 5) is 11.6. The van der Waals surface area contributed by atoms with E-state index in [9.17, 15) is 4.79 Å². The molecule has 0 N–H and O–H groups in total. The Labute approximate surface area is 109 Å². The fraction of sp³-hybridized carbons (Fsp3) is 0.0714. The van der Waals surface area contributed by atoms with Gasteiger partial charge in [-0.25, -0.2) is 4.79 Å². The van der Waals surface area contributed by atoms with Crippen LogP contribution in [0.2, 0.25) is 0 Å². The molecule has 0 fully saturated rings. The summed E-state index contributed by atoms with van der Waals surface area (Å²) >= 11 is 0. The lowest BCUT2D eigenvalue weighted by Gasteiger charge is -2.02. The molecule has 19 heavy (non-hydrogen) atoms. The zero-order valence-corrected chi connectivity index (χ0v) is 10.3. The Balaban J connectivity index is 2.19. The molecule has 1 aromatic carbocycles. The summed E-state index contributed by atoms with van der Waals surface area (Å²) in [6.45, 7) is 0. The SMILES string of the molecule is COC(=O)c1ccc2nnc(-c3ccccc3)n2c1. The molecule has 0 amide bonds. The van der Waals surface area contributed by atoms with E-state index in [2.05, 4.69) is 10.2 Å². The number of methoxy groups -OCH3 is 1. The van der Waals surface area contributed by atoms with Crippen LogP contribution in [0.5, 0.6) is 0 Å². The van der Waals surface area contributed by atoms with E-state index in [4.69, 9.17) is 4.74 Å². The van der Waals surface area contributed by atoms with Crippen LogP contribution in [0.4, 0.5) is 0 Å². The molecule has 2 aromatic heterocycles. The van der Waals surface area contributed by atoms with Crippen LogP contribution in [0.25, 0.3) is 17.0 Å². The van der Waals surface area contributed by atoms with Gasteiger partial charge < -0.3 is 4.74 Å². The minimum absolute atomic E-state index is 0.380. The molecule has 0 saturated heterocycles. The van der Waals surface area contributed by atoms with Gasteiger partial charge in [-0.15, -0.1) is 10.2 Å².